The van der Waals surface area contributed by atoms with Gasteiger partial charge in [0.25, 0.3) is 0 Å². The van der Waals surface area contributed by atoms with Gasteiger partial charge in [0.05, 0.1) is 11.0 Å². The molecule has 4 aromatic rings. The fourth-order valence-electron chi connectivity index (χ4n) is 3.71. The van der Waals surface area contributed by atoms with E-state index in [1.165, 1.54) is 0 Å². The zero-order valence-corrected chi connectivity index (χ0v) is 17.2. The molecule has 1 unspecified atom stereocenters. The average molecular weight is 417 g/mol. The van der Waals surface area contributed by atoms with Gasteiger partial charge in [0.2, 0.25) is 0 Å². The monoisotopic (exact) mass is 417 g/mol. The largest absolute Gasteiger partial charge is 0.479 e. The molecule has 0 aliphatic rings. The van der Waals surface area contributed by atoms with Crippen LogP contribution in [0.25, 0.3) is 21.8 Å². The molecule has 0 saturated heterocycles. The summed E-state index contributed by atoms with van der Waals surface area (Å²) in [6.45, 7) is 2.36. The zero-order chi connectivity index (χ0) is 21.8. The molecule has 1 atom stereocenters. The Morgan fingerprint density at radius 3 is 2.06 bits per heavy atom. The number of benzene rings is 3. The van der Waals surface area contributed by atoms with E-state index >= 15 is 0 Å². The number of carbonyl (C=O) groups is 1. The van der Waals surface area contributed by atoms with Crippen LogP contribution in [0.1, 0.15) is 12.5 Å². The molecule has 1 heterocycles. The minimum Gasteiger partial charge on any atom is -0.479 e. The standard InChI is InChI=1S/C25H23NO5/c1-2-30-23(25(28)29)15-17-11-13-18(14-12-17)31-16-26-21-9-5-3-7-19(21)24(27)20-8-4-6-10-22(20)26/h3-14,23H,2,15-16H2,1H3,(H,28,29). The molecule has 0 bridgehead atoms. The Bertz CT molecular complexity index is 1220. The first-order chi connectivity index (χ1) is 15.1. The lowest BCUT2D eigenvalue weighted by atomic mass is 10.1. The highest BCUT2D eigenvalue weighted by Gasteiger charge is 2.18. The number of hydrogen-bond acceptors (Lipinski definition) is 4. The molecule has 0 spiro atoms. The van der Waals surface area contributed by atoms with E-state index in [0.717, 1.165) is 16.6 Å². The van der Waals surface area contributed by atoms with Gasteiger partial charge in [-0.2, -0.15) is 0 Å². The molecule has 0 aliphatic carbocycles. The molecule has 3 aromatic carbocycles. The molecule has 0 fully saturated rings. The van der Waals surface area contributed by atoms with Crippen molar-refractivity contribution in [2.45, 2.75) is 26.2 Å². The van der Waals surface area contributed by atoms with E-state index in [4.69, 9.17) is 9.47 Å². The number of rotatable bonds is 8. The van der Waals surface area contributed by atoms with Crippen molar-refractivity contribution in [2.75, 3.05) is 6.61 Å². The molecule has 31 heavy (non-hydrogen) atoms. The topological polar surface area (TPSA) is 77.8 Å². The normalized spacial score (nSPS) is 12.2. The van der Waals surface area contributed by atoms with Crippen molar-refractivity contribution in [1.82, 2.24) is 4.57 Å². The number of para-hydroxylation sites is 2. The first kappa shape index (κ1) is 20.6. The number of pyridine rings is 1. The summed E-state index contributed by atoms with van der Waals surface area (Å²) in [6.07, 6.45) is -0.575. The predicted molar refractivity (Wildman–Crippen MR) is 120 cm³/mol. The molecule has 0 saturated carbocycles. The zero-order valence-electron chi connectivity index (χ0n) is 17.2. The van der Waals surface area contributed by atoms with Crippen LogP contribution in [0, 0.1) is 0 Å². The number of carboxylic acid groups (broad SMARTS) is 1. The first-order valence-corrected chi connectivity index (χ1v) is 10.1. The third-order valence-corrected chi connectivity index (χ3v) is 5.23. The summed E-state index contributed by atoms with van der Waals surface area (Å²) < 4.78 is 13.3. The molecule has 1 aromatic heterocycles. The van der Waals surface area contributed by atoms with Gasteiger partial charge in [-0.1, -0.05) is 36.4 Å². The van der Waals surface area contributed by atoms with Crippen LogP contribution >= 0.6 is 0 Å². The predicted octanol–water partition coefficient (Wildman–Crippen LogP) is 4.22. The Hall–Kier alpha value is -3.64. The van der Waals surface area contributed by atoms with Gasteiger partial charge in [-0.05, 0) is 48.9 Å². The fraction of sp³-hybridized carbons (Fsp3) is 0.200. The van der Waals surface area contributed by atoms with Gasteiger partial charge < -0.3 is 19.1 Å². The molecule has 0 aliphatic heterocycles. The van der Waals surface area contributed by atoms with E-state index in [2.05, 4.69) is 0 Å². The molecule has 6 nitrogen and oxygen atoms in total. The van der Waals surface area contributed by atoms with Crippen molar-refractivity contribution >= 4 is 27.8 Å². The minimum atomic E-state index is -0.973. The van der Waals surface area contributed by atoms with E-state index in [1.807, 2.05) is 77.4 Å². The van der Waals surface area contributed by atoms with Gasteiger partial charge in [-0.25, -0.2) is 4.79 Å². The number of hydrogen-bond donors (Lipinski definition) is 1. The SMILES string of the molecule is CCOC(Cc1ccc(OCn2c3ccccc3c(=O)c3ccccc32)cc1)C(=O)O. The van der Waals surface area contributed by atoms with Crippen LogP contribution in [0.2, 0.25) is 0 Å². The van der Waals surface area contributed by atoms with Crippen molar-refractivity contribution in [2.24, 2.45) is 0 Å². The lowest BCUT2D eigenvalue weighted by Crippen LogP contribution is -2.26. The molecule has 4 rings (SSSR count). The smallest absolute Gasteiger partial charge is 0.333 e. The van der Waals surface area contributed by atoms with Crippen molar-refractivity contribution in [1.29, 1.82) is 0 Å². The lowest BCUT2D eigenvalue weighted by molar-refractivity contribution is -0.149. The summed E-state index contributed by atoms with van der Waals surface area (Å²) in [5.74, 6) is -0.321. The maximum absolute atomic E-state index is 12.8. The Morgan fingerprint density at radius 2 is 1.52 bits per heavy atom. The summed E-state index contributed by atoms with van der Waals surface area (Å²) in [6, 6.07) is 22.3. The average Bonchev–Trinajstić information content (AvgIpc) is 2.80. The van der Waals surface area contributed by atoms with Crippen LogP contribution in [-0.2, 0) is 22.7 Å². The first-order valence-electron chi connectivity index (χ1n) is 10.1. The van der Waals surface area contributed by atoms with Crippen molar-refractivity contribution in [3.63, 3.8) is 0 Å². The highest BCUT2D eigenvalue weighted by atomic mass is 16.5. The van der Waals surface area contributed by atoms with Crippen LogP contribution in [0.3, 0.4) is 0 Å². The third kappa shape index (κ3) is 4.29. The highest BCUT2D eigenvalue weighted by molar-refractivity contribution is 5.93. The quantitative estimate of drug-likeness (QED) is 0.434. The third-order valence-electron chi connectivity index (χ3n) is 5.23. The molecule has 0 amide bonds. The molecule has 6 heteroatoms. The second kappa shape index (κ2) is 9.02. The van der Waals surface area contributed by atoms with Crippen LogP contribution in [-0.4, -0.2) is 28.4 Å². The van der Waals surface area contributed by atoms with Gasteiger partial charge >= 0.3 is 5.97 Å². The maximum Gasteiger partial charge on any atom is 0.333 e. The van der Waals surface area contributed by atoms with Gasteiger partial charge in [-0.3, -0.25) is 4.79 Å². The number of aliphatic carboxylic acids is 1. The summed E-state index contributed by atoms with van der Waals surface area (Å²) in [5.41, 5.74) is 2.48. The summed E-state index contributed by atoms with van der Waals surface area (Å²) in [5, 5.41) is 10.5. The van der Waals surface area contributed by atoms with Gasteiger partial charge in [0.1, 0.15) is 5.75 Å². The summed E-state index contributed by atoms with van der Waals surface area (Å²) in [4.78, 5) is 24.1. The lowest BCUT2D eigenvalue weighted by Gasteiger charge is -2.16. The van der Waals surface area contributed by atoms with E-state index < -0.39 is 12.1 Å². The van der Waals surface area contributed by atoms with Crippen molar-refractivity contribution in [3.05, 3.63) is 88.6 Å². The van der Waals surface area contributed by atoms with E-state index in [1.54, 1.807) is 6.92 Å². The number of fused-ring (bicyclic) bond motifs is 2. The number of carboxylic acids is 1. The number of ether oxygens (including phenoxy) is 2. The number of nitrogens with zero attached hydrogens (tertiary/aromatic N) is 1. The van der Waals surface area contributed by atoms with Gasteiger partial charge in [0.15, 0.2) is 18.3 Å². The van der Waals surface area contributed by atoms with Crippen LogP contribution in [0.15, 0.2) is 77.6 Å². The van der Waals surface area contributed by atoms with Gasteiger partial charge in [-0.15, -0.1) is 0 Å². The summed E-state index contributed by atoms with van der Waals surface area (Å²) in [7, 11) is 0. The Balaban J connectivity index is 1.59. The summed E-state index contributed by atoms with van der Waals surface area (Å²) >= 11 is 0. The Morgan fingerprint density at radius 1 is 0.935 bits per heavy atom. The van der Waals surface area contributed by atoms with E-state index in [-0.39, 0.29) is 12.2 Å². The molecule has 1 N–H and O–H groups in total. The fourth-order valence-corrected chi connectivity index (χ4v) is 3.71. The van der Waals surface area contributed by atoms with Gasteiger partial charge in [0, 0.05) is 23.8 Å². The highest BCUT2D eigenvalue weighted by Crippen LogP contribution is 2.21. The second-order valence-corrected chi connectivity index (χ2v) is 7.20. The minimum absolute atomic E-state index is 0.00841. The molecular formula is C25H23NO5. The molecule has 158 valence electrons. The molecule has 0 radical (unpaired) electrons. The van der Waals surface area contributed by atoms with Crippen molar-refractivity contribution < 1.29 is 19.4 Å². The number of aromatic nitrogens is 1. The Kier molecular flexibility index (Phi) is 6.00. The van der Waals surface area contributed by atoms with Crippen LogP contribution in [0.5, 0.6) is 5.75 Å². The van der Waals surface area contributed by atoms with E-state index in [9.17, 15) is 14.7 Å². The maximum atomic E-state index is 12.8. The van der Waals surface area contributed by atoms with Crippen LogP contribution < -0.4 is 10.2 Å². The Labute approximate surface area is 179 Å². The van der Waals surface area contributed by atoms with E-state index in [0.29, 0.717) is 29.5 Å². The van der Waals surface area contributed by atoms with Crippen LogP contribution in [0.4, 0.5) is 0 Å². The van der Waals surface area contributed by atoms with Crippen molar-refractivity contribution in [3.8, 4) is 5.75 Å². The second-order valence-electron chi connectivity index (χ2n) is 7.20. The molecular weight excluding hydrogens is 394 g/mol.